The van der Waals surface area contributed by atoms with Gasteiger partial charge in [0.15, 0.2) is 0 Å². The molecule has 1 aromatic heterocycles. The van der Waals surface area contributed by atoms with Crippen molar-refractivity contribution in [3.8, 4) is 0 Å². The minimum atomic E-state index is -0.361. The predicted molar refractivity (Wildman–Crippen MR) is 106 cm³/mol. The van der Waals surface area contributed by atoms with Crippen molar-refractivity contribution >= 4 is 28.4 Å². The molecule has 1 saturated heterocycles. The lowest BCUT2D eigenvalue weighted by Gasteiger charge is -2.15. The summed E-state index contributed by atoms with van der Waals surface area (Å²) in [6, 6.07) is 12.9. The van der Waals surface area contributed by atoms with Crippen LogP contribution in [0.1, 0.15) is 39.3 Å². The van der Waals surface area contributed by atoms with Crippen molar-refractivity contribution in [2.24, 2.45) is 0 Å². The molecule has 0 saturated carbocycles. The van der Waals surface area contributed by atoms with Gasteiger partial charge in [-0.15, -0.1) is 0 Å². The van der Waals surface area contributed by atoms with E-state index in [1.807, 2.05) is 4.90 Å². The lowest BCUT2D eigenvalue weighted by molar-refractivity contribution is 0.0792. The van der Waals surface area contributed by atoms with Crippen LogP contribution in [-0.4, -0.2) is 34.8 Å². The molecule has 0 aliphatic carbocycles. The molecule has 1 N–H and O–H groups in total. The molecule has 6 heteroatoms. The smallest absolute Gasteiger partial charge is 0.257 e. The van der Waals surface area contributed by atoms with Gasteiger partial charge in [-0.3, -0.25) is 14.6 Å². The summed E-state index contributed by atoms with van der Waals surface area (Å²) in [5.74, 6) is -0.632. The second-order valence-corrected chi connectivity index (χ2v) is 6.99. The van der Waals surface area contributed by atoms with Crippen molar-refractivity contribution in [2.75, 3.05) is 18.4 Å². The van der Waals surface area contributed by atoms with E-state index in [1.54, 1.807) is 43.3 Å². The van der Waals surface area contributed by atoms with E-state index in [2.05, 4.69) is 10.3 Å². The minimum absolute atomic E-state index is 0.0252. The second-order valence-electron chi connectivity index (χ2n) is 6.99. The van der Waals surface area contributed by atoms with E-state index in [9.17, 15) is 14.0 Å². The van der Waals surface area contributed by atoms with Crippen LogP contribution in [0.25, 0.3) is 10.9 Å². The number of amides is 2. The fourth-order valence-electron chi connectivity index (χ4n) is 3.46. The highest BCUT2D eigenvalue weighted by Gasteiger charge is 2.19. The van der Waals surface area contributed by atoms with Crippen LogP contribution in [0.3, 0.4) is 0 Å². The molecule has 0 radical (unpaired) electrons. The summed E-state index contributed by atoms with van der Waals surface area (Å²) in [6.07, 6.45) is 2.09. The maximum atomic E-state index is 13.4. The van der Waals surface area contributed by atoms with Crippen LogP contribution in [-0.2, 0) is 0 Å². The van der Waals surface area contributed by atoms with Gasteiger partial charge in [-0.1, -0.05) is 0 Å². The monoisotopic (exact) mass is 377 g/mol. The van der Waals surface area contributed by atoms with Gasteiger partial charge in [0.25, 0.3) is 11.8 Å². The van der Waals surface area contributed by atoms with E-state index >= 15 is 0 Å². The Morgan fingerprint density at radius 3 is 2.46 bits per heavy atom. The Hall–Kier alpha value is -3.28. The first-order valence-corrected chi connectivity index (χ1v) is 9.29. The van der Waals surface area contributed by atoms with Gasteiger partial charge in [0.05, 0.1) is 16.8 Å². The maximum absolute atomic E-state index is 13.4. The molecule has 2 amide bonds. The molecule has 2 aromatic carbocycles. The number of likely N-dealkylation sites (tertiary alicyclic amines) is 1. The molecule has 3 aromatic rings. The van der Waals surface area contributed by atoms with Crippen LogP contribution >= 0.6 is 0 Å². The number of carbonyl (C=O) groups is 2. The summed E-state index contributed by atoms with van der Waals surface area (Å²) in [4.78, 5) is 31.2. The van der Waals surface area contributed by atoms with Gasteiger partial charge < -0.3 is 10.2 Å². The molecule has 1 aliphatic rings. The molecular weight excluding hydrogens is 357 g/mol. The summed E-state index contributed by atoms with van der Waals surface area (Å²) < 4.78 is 13.4. The van der Waals surface area contributed by atoms with Crippen LogP contribution in [0.4, 0.5) is 10.1 Å². The molecule has 0 atom stereocenters. The summed E-state index contributed by atoms with van der Waals surface area (Å²) in [5, 5.41) is 3.53. The third kappa shape index (κ3) is 3.58. The molecule has 0 spiro atoms. The summed E-state index contributed by atoms with van der Waals surface area (Å²) in [7, 11) is 0. The van der Waals surface area contributed by atoms with Crippen molar-refractivity contribution in [3.05, 3.63) is 71.2 Å². The molecule has 142 valence electrons. The van der Waals surface area contributed by atoms with Crippen molar-refractivity contribution in [1.29, 1.82) is 0 Å². The quantitative estimate of drug-likeness (QED) is 0.745. The van der Waals surface area contributed by atoms with Crippen molar-refractivity contribution < 1.29 is 14.0 Å². The Balaban J connectivity index is 1.52. The van der Waals surface area contributed by atoms with Gasteiger partial charge in [0.1, 0.15) is 5.82 Å². The molecular formula is C22H20FN3O2. The summed E-state index contributed by atoms with van der Waals surface area (Å²) >= 11 is 0. The second kappa shape index (κ2) is 7.38. The van der Waals surface area contributed by atoms with E-state index < -0.39 is 0 Å². The zero-order valence-corrected chi connectivity index (χ0v) is 15.5. The zero-order valence-electron chi connectivity index (χ0n) is 15.5. The largest absolute Gasteiger partial charge is 0.339 e. The molecule has 1 fully saturated rings. The highest BCUT2D eigenvalue weighted by atomic mass is 19.1. The lowest BCUT2D eigenvalue weighted by Crippen LogP contribution is -2.27. The Labute approximate surface area is 162 Å². The number of hydrogen-bond acceptors (Lipinski definition) is 3. The molecule has 1 aliphatic heterocycles. The Morgan fingerprint density at radius 2 is 1.75 bits per heavy atom. The molecule has 4 rings (SSSR count). The van der Waals surface area contributed by atoms with Crippen LogP contribution in [0.15, 0.2) is 48.5 Å². The number of nitrogens with zero attached hydrogens (tertiary/aromatic N) is 2. The number of aryl methyl sites for hydroxylation is 1. The average Bonchev–Trinajstić information content (AvgIpc) is 3.22. The van der Waals surface area contributed by atoms with Crippen molar-refractivity contribution in [1.82, 2.24) is 9.88 Å². The number of halogens is 1. The molecule has 5 nitrogen and oxygen atoms in total. The fourth-order valence-corrected chi connectivity index (χ4v) is 3.46. The normalized spacial score (nSPS) is 13.7. The first-order valence-electron chi connectivity index (χ1n) is 9.29. The summed E-state index contributed by atoms with van der Waals surface area (Å²) in [5.41, 5.74) is 2.68. The average molecular weight is 377 g/mol. The fraction of sp³-hybridized carbons (Fsp3) is 0.227. The van der Waals surface area contributed by atoms with Gasteiger partial charge in [-0.25, -0.2) is 4.39 Å². The first kappa shape index (κ1) is 18.1. The van der Waals surface area contributed by atoms with E-state index in [-0.39, 0.29) is 17.6 Å². The van der Waals surface area contributed by atoms with E-state index in [0.29, 0.717) is 33.4 Å². The lowest BCUT2D eigenvalue weighted by atomic mass is 10.1. The Morgan fingerprint density at radius 1 is 1.04 bits per heavy atom. The predicted octanol–water partition coefficient (Wildman–Crippen LogP) is 4.17. The van der Waals surface area contributed by atoms with Gasteiger partial charge in [0, 0.05) is 35.8 Å². The number of pyridine rings is 1. The Kier molecular flexibility index (Phi) is 4.77. The highest BCUT2D eigenvalue weighted by Crippen LogP contribution is 2.20. The van der Waals surface area contributed by atoms with Crippen LogP contribution in [0.5, 0.6) is 0 Å². The molecule has 2 heterocycles. The SMILES string of the molecule is Cc1nc2cc(F)ccc2cc1C(=O)Nc1ccc(C(=O)N2CCCC2)cc1. The number of rotatable bonds is 3. The van der Waals surface area contributed by atoms with Gasteiger partial charge in [0.2, 0.25) is 0 Å². The van der Waals surface area contributed by atoms with Crippen LogP contribution < -0.4 is 5.32 Å². The molecule has 0 bridgehead atoms. The number of anilines is 1. The molecule has 28 heavy (non-hydrogen) atoms. The number of nitrogens with one attached hydrogen (secondary N) is 1. The third-order valence-corrected chi connectivity index (χ3v) is 5.00. The van der Waals surface area contributed by atoms with Crippen LogP contribution in [0, 0.1) is 12.7 Å². The molecule has 0 unspecified atom stereocenters. The van der Waals surface area contributed by atoms with Crippen LogP contribution in [0.2, 0.25) is 0 Å². The van der Waals surface area contributed by atoms with Crippen molar-refractivity contribution in [2.45, 2.75) is 19.8 Å². The van der Waals surface area contributed by atoms with Crippen molar-refractivity contribution in [3.63, 3.8) is 0 Å². The first-order chi connectivity index (χ1) is 13.5. The Bertz CT molecular complexity index is 1060. The minimum Gasteiger partial charge on any atom is -0.339 e. The van der Waals surface area contributed by atoms with Gasteiger partial charge >= 0.3 is 0 Å². The zero-order chi connectivity index (χ0) is 19.7. The standard InChI is InChI=1S/C22H20FN3O2/c1-14-19(12-16-4-7-17(23)13-20(16)24-14)21(27)25-18-8-5-15(6-9-18)22(28)26-10-2-3-11-26/h4-9,12-13H,2-3,10-11H2,1H3,(H,25,27). The van der Waals surface area contributed by atoms with E-state index in [4.69, 9.17) is 0 Å². The number of fused-ring (bicyclic) bond motifs is 1. The summed E-state index contributed by atoms with van der Waals surface area (Å²) in [6.45, 7) is 3.32. The third-order valence-electron chi connectivity index (χ3n) is 5.00. The van der Waals surface area contributed by atoms with E-state index in [1.165, 1.54) is 12.1 Å². The maximum Gasteiger partial charge on any atom is 0.257 e. The number of benzene rings is 2. The highest BCUT2D eigenvalue weighted by molar-refractivity contribution is 6.07. The number of hydrogen-bond donors (Lipinski definition) is 1. The topological polar surface area (TPSA) is 62.3 Å². The number of carbonyl (C=O) groups excluding carboxylic acids is 2. The van der Waals surface area contributed by atoms with Gasteiger partial charge in [-0.2, -0.15) is 0 Å². The number of aromatic nitrogens is 1. The van der Waals surface area contributed by atoms with Gasteiger partial charge in [-0.05, 0) is 62.2 Å². The van der Waals surface area contributed by atoms with E-state index in [0.717, 1.165) is 25.9 Å².